The van der Waals surface area contributed by atoms with E-state index in [0.717, 1.165) is 15.8 Å². The first kappa shape index (κ1) is 25.8. The van der Waals surface area contributed by atoms with E-state index in [2.05, 4.69) is 4.98 Å². The topological polar surface area (TPSA) is 79.2 Å². The molecule has 0 aliphatic heterocycles. The van der Waals surface area contributed by atoms with E-state index in [9.17, 15) is 18.4 Å². The predicted molar refractivity (Wildman–Crippen MR) is 121 cm³/mol. The van der Waals surface area contributed by atoms with E-state index in [1.807, 2.05) is 27.7 Å². The summed E-state index contributed by atoms with van der Waals surface area (Å²) in [6.45, 7) is 9.66. The maximum absolute atomic E-state index is 13.6. The Morgan fingerprint density at radius 3 is 2.19 bits per heavy atom. The van der Waals surface area contributed by atoms with Crippen molar-refractivity contribution < 1.29 is 18.4 Å². The number of hydrogen-bond donors (Lipinski definition) is 2. The van der Waals surface area contributed by atoms with Gasteiger partial charge in [-0.05, 0) is 48.7 Å². The van der Waals surface area contributed by atoms with Crippen molar-refractivity contribution in [3.05, 3.63) is 70.9 Å². The molecular formula is C24H31F2N3O2. The smallest absolute Gasteiger partial charge is 0.321 e. The molecular weight excluding hydrogens is 400 g/mol. The molecule has 0 saturated carbocycles. The Hall–Kier alpha value is -3.22. The first-order chi connectivity index (χ1) is 14.9. The summed E-state index contributed by atoms with van der Waals surface area (Å²) in [5, 5.41) is 0.839. The molecule has 3 rings (SSSR count). The molecule has 3 aromatic rings. The summed E-state index contributed by atoms with van der Waals surface area (Å²) in [6, 6.07) is 7.70. The van der Waals surface area contributed by atoms with E-state index >= 15 is 0 Å². The monoisotopic (exact) mass is 431 g/mol. The number of aryl methyl sites for hydroxylation is 2. The first-order valence-corrected chi connectivity index (χ1v) is 10.5. The Kier molecular flexibility index (Phi) is 10.4. The number of halogens is 2. The van der Waals surface area contributed by atoms with Crippen LogP contribution in [0.1, 0.15) is 50.8 Å². The van der Waals surface area contributed by atoms with Crippen molar-refractivity contribution in [1.82, 2.24) is 9.88 Å². The number of nitrogens with two attached hydrogens (primary N) is 1. The molecule has 0 atom stereocenters. The Balaban J connectivity index is 0.00000113. The summed E-state index contributed by atoms with van der Waals surface area (Å²) in [4.78, 5) is 28.1. The lowest BCUT2D eigenvalue weighted by Gasteiger charge is -2.18. The van der Waals surface area contributed by atoms with Crippen LogP contribution in [0.2, 0.25) is 0 Å². The summed E-state index contributed by atoms with van der Waals surface area (Å²) in [5.74, 6) is -1.13. The Labute approximate surface area is 182 Å². The van der Waals surface area contributed by atoms with E-state index in [1.165, 1.54) is 30.3 Å². The fourth-order valence-corrected chi connectivity index (χ4v) is 3.02. The van der Waals surface area contributed by atoms with Crippen LogP contribution < -0.4 is 5.73 Å². The largest absolute Gasteiger partial charge is 0.361 e. The second kappa shape index (κ2) is 12.5. The number of amides is 3. The molecule has 0 unspecified atom stereocenters. The van der Waals surface area contributed by atoms with E-state index in [-0.39, 0.29) is 18.8 Å². The van der Waals surface area contributed by atoms with Crippen molar-refractivity contribution in [2.45, 2.75) is 54.0 Å². The number of H-pyrrole nitrogens is 1. The molecule has 0 fully saturated rings. The van der Waals surface area contributed by atoms with Crippen molar-refractivity contribution in [2.24, 2.45) is 5.73 Å². The fourth-order valence-electron chi connectivity index (χ4n) is 3.02. The summed E-state index contributed by atoms with van der Waals surface area (Å²) < 4.78 is 26.6. The number of primary amides is 1. The Morgan fingerprint density at radius 2 is 1.61 bits per heavy atom. The average Bonchev–Trinajstić information content (AvgIpc) is 3.20. The zero-order valence-electron chi connectivity index (χ0n) is 18.8. The Morgan fingerprint density at radius 1 is 1.00 bits per heavy atom. The number of carbonyl (C=O) groups excluding carboxylic acids is 2. The number of benzene rings is 2. The van der Waals surface area contributed by atoms with Gasteiger partial charge in [-0.25, -0.2) is 13.6 Å². The summed E-state index contributed by atoms with van der Waals surface area (Å²) >= 11 is 0. The highest BCUT2D eigenvalue weighted by atomic mass is 19.1. The van der Waals surface area contributed by atoms with E-state index in [1.54, 1.807) is 19.2 Å². The molecule has 0 saturated heterocycles. The molecule has 1 heterocycles. The van der Waals surface area contributed by atoms with Crippen LogP contribution in [0.3, 0.4) is 0 Å². The van der Waals surface area contributed by atoms with Crippen LogP contribution in [-0.4, -0.2) is 21.8 Å². The molecule has 0 aliphatic rings. The lowest BCUT2D eigenvalue weighted by atomic mass is 10.1. The third-order valence-electron chi connectivity index (χ3n) is 4.56. The highest BCUT2D eigenvalue weighted by Gasteiger charge is 2.20. The van der Waals surface area contributed by atoms with Gasteiger partial charge in [0.25, 0.3) is 0 Å². The highest BCUT2D eigenvalue weighted by Crippen LogP contribution is 2.24. The number of nitrogens with zero attached hydrogens (tertiary/aromatic N) is 1. The minimum absolute atomic E-state index is 0.0212. The quantitative estimate of drug-likeness (QED) is 0.532. The predicted octanol–water partition coefficient (Wildman–Crippen LogP) is 5.85. The van der Waals surface area contributed by atoms with Gasteiger partial charge in [-0.15, -0.1) is 0 Å². The number of carbonyl (C=O) groups is 2. The molecule has 0 radical (unpaired) electrons. The van der Waals surface area contributed by atoms with Gasteiger partial charge in [0.15, 0.2) is 0 Å². The van der Waals surface area contributed by atoms with Crippen molar-refractivity contribution in [2.75, 3.05) is 0 Å². The van der Waals surface area contributed by atoms with Crippen LogP contribution >= 0.6 is 0 Å². The number of aromatic nitrogens is 1. The third-order valence-corrected chi connectivity index (χ3v) is 4.56. The molecule has 0 bridgehead atoms. The van der Waals surface area contributed by atoms with Gasteiger partial charge >= 0.3 is 6.03 Å². The van der Waals surface area contributed by atoms with Crippen molar-refractivity contribution in [1.29, 1.82) is 0 Å². The van der Waals surface area contributed by atoms with Crippen LogP contribution in [0, 0.1) is 18.6 Å². The SMILES string of the molecule is CC.CC.Cc1c(F)ccc2c(CCC(=O)N(Cc3ccc(F)cc3)C(N)=O)c[nH]c12. The molecule has 0 spiro atoms. The molecule has 3 N–H and O–H groups in total. The van der Waals surface area contributed by atoms with Gasteiger partial charge in [-0.1, -0.05) is 39.8 Å². The maximum Gasteiger partial charge on any atom is 0.321 e. The van der Waals surface area contributed by atoms with E-state index < -0.39 is 17.8 Å². The first-order valence-electron chi connectivity index (χ1n) is 10.5. The third kappa shape index (κ3) is 6.64. The standard InChI is InChI=1S/C20H19F2N3O2.2C2H6/c1-12-17(22)8-7-16-14(10-24-19(12)16)4-9-18(26)25(20(23)27)11-13-2-5-15(21)6-3-13;2*1-2/h2-3,5-8,10,24H,4,9,11H2,1H3,(H2,23,27);2*1-2H3. The fraction of sp³-hybridized carbons (Fsp3) is 0.333. The van der Waals surface area contributed by atoms with Crippen molar-refractivity contribution >= 4 is 22.8 Å². The molecule has 1 aromatic heterocycles. The van der Waals surface area contributed by atoms with Crippen LogP contribution in [-0.2, 0) is 17.8 Å². The van der Waals surface area contributed by atoms with Gasteiger partial charge in [0.2, 0.25) is 5.91 Å². The number of hydrogen-bond acceptors (Lipinski definition) is 2. The zero-order chi connectivity index (χ0) is 23.6. The van der Waals surface area contributed by atoms with Crippen LogP contribution in [0.25, 0.3) is 10.9 Å². The summed E-state index contributed by atoms with van der Waals surface area (Å²) in [6.07, 6.45) is 2.17. The van der Waals surface area contributed by atoms with E-state index in [0.29, 0.717) is 23.1 Å². The summed E-state index contributed by atoms with van der Waals surface area (Å²) in [5.41, 5.74) is 7.99. The van der Waals surface area contributed by atoms with Crippen LogP contribution in [0.15, 0.2) is 42.6 Å². The second-order valence-corrected chi connectivity index (χ2v) is 6.35. The number of rotatable bonds is 5. The number of urea groups is 1. The summed E-state index contributed by atoms with van der Waals surface area (Å²) in [7, 11) is 0. The van der Waals surface area contributed by atoms with Crippen molar-refractivity contribution in [3.8, 4) is 0 Å². The highest BCUT2D eigenvalue weighted by molar-refractivity contribution is 5.94. The normalized spacial score (nSPS) is 9.90. The van der Waals surface area contributed by atoms with Gasteiger partial charge in [0, 0.05) is 23.6 Å². The lowest BCUT2D eigenvalue weighted by Crippen LogP contribution is -2.40. The van der Waals surface area contributed by atoms with Gasteiger partial charge in [0.1, 0.15) is 11.6 Å². The second-order valence-electron chi connectivity index (χ2n) is 6.35. The Bertz CT molecular complexity index is 998. The van der Waals surface area contributed by atoms with Gasteiger partial charge < -0.3 is 10.7 Å². The maximum atomic E-state index is 13.6. The molecule has 7 heteroatoms. The molecule has 168 valence electrons. The molecule has 31 heavy (non-hydrogen) atoms. The van der Waals surface area contributed by atoms with Crippen LogP contribution in [0.5, 0.6) is 0 Å². The van der Waals surface area contributed by atoms with Crippen LogP contribution in [0.4, 0.5) is 13.6 Å². The minimum atomic E-state index is -0.860. The zero-order valence-corrected chi connectivity index (χ0v) is 18.8. The molecule has 0 aliphatic carbocycles. The number of aromatic amines is 1. The van der Waals surface area contributed by atoms with Crippen molar-refractivity contribution in [3.63, 3.8) is 0 Å². The number of fused-ring (bicyclic) bond motifs is 1. The molecule has 5 nitrogen and oxygen atoms in total. The average molecular weight is 432 g/mol. The number of imide groups is 1. The molecule has 3 amide bonds. The van der Waals surface area contributed by atoms with Gasteiger partial charge in [-0.3, -0.25) is 9.69 Å². The van der Waals surface area contributed by atoms with E-state index in [4.69, 9.17) is 5.73 Å². The lowest BCUT2D eigenvalue weighted by molar-refractivity contribution is -0.128. The van der Waals surface area contributed by atoms with Gasteiger partial charge in [-0.2, -0.15) is 0 Å². The number of nitrogens with one attached hydrogen (secondary N) is 1. The molecule has 2 aromatic carbocycles. The van der Waals surface area contributed by atoms with Gasteiger partial charge in [0.05, 0.1) is 12.1 Å². The minimum Gasteiger partial charge on any atom is -0.361 e.